The van der Waals surface area contributed by atoms with Gasteiger partial charge < -0.3 is 0 Å². The molecule has 1 aliphatic heterocycles. The molecule has 1 aromatic rings. The van der Waals surface area contributed by atoms with E-state index in [9.17, 15) is 0 Å². The third-order valence-electron chi connectivity index (χ3n) is 3.59. The van der Waals surface area contributed by atoms with E-state index in [0.717, 1.165) is 19.3 Å². The van der Waals surface area contributed by atoms with Crippen molar-refractivity contribution >= 4 is 16.8 Å². The number of rotatable bonds is 4. The third-order valence-corrected chi connectivity index (χ3v) is 4.70. The zero-order chi connectivity index (χ0) is 12.3. The summed E-state index contributed by atoms with van der Waals surface area (Å²) in [6.45, 7) is 6.73. The second-order valence-corrected chi connectivity index (χ2v) is 5.71. The van der Waals surface area contributed by atoms with Gasteiger partial charge in [0, 0.05) is 4.90 Å². The number of hydrogen-bond acceptors (Lipinski definition) is 2. The summed E-state index contributed by atoms with van der Waals surface area (Å²) in [7, 11) is 0. The van der Waals surface area contributed by atoms with Gasteiger partial charge in [0.1, 0.15) is 0 Å². The van der Waals surface area contributed by atoms with Crippen LogP contribution in [0.5, 0.6) is 0 Å². The highest BCUT2D eigenvalue weighted by atomic mass is 32.2. The molecule has 0 radical (unpaired) electrons. The van der Waals surface area contributed by atoms with Crippen molar-refractivity contribution in [3.8, 4) is 0 Å². The Labute approximate surface area is 109 Å². The molecule has 1 aliphatic rings. The lowest BCUT2D eigenvalue weighted by molar-refractivity contribution is 0.408. The van der Waals surface area contributed by atoms with E-state index in [1.54, 1.807) is 0 Å². The van der Waals surface area contributed by atoms with E-state index >= 15 is 0 Å². The topological polar surface area (TPSA) is 12.4 Å². The van der Waals surface area contributed by atoms with Crippen molar-refractivity contribution in [3.05, 3.63) is 29.8 Å². The first-order chi connectivity index (χ1) is 8.25. The van der Waals surface area contributed by atoms with E-state index in [0.29, 0.717) is 0 Å². The van der Waals surface area contributed by atoms with Gasteiger partial charge in [-0.1, -0.05) is 57.2 Å². The molecule has 1 heterocycles. The van der Waals surface area contributed by atoms with Crippen molar-refractivity contribution in [3.63, 3.8) is 0 Å². The molecule has 2 rings (SSSR count). The Morgan fingerprint density at radius 2 is 1.82 bits per heavy atom. The van der Waals surface area contributed by atoms with Gasteiger partial charge in [0.2, 0.25) is 0 Å². The molecule has 0 aromatic heterocycles. The summed E-state index contributed by atoms with van der Waals surface area (Å²) in [4.78, 5) is 6.47. The predicted molar refractivity (Wildman–Crippen MR) is 76.9 cm³/mol. The number of hydrogen-bond donors (Lipinski definition) is 0. The molecule has 2 heteroatoms. The van der Waals surface area contributed by atoms with Crippen molar-refractivity contribution in [2.75, 3.05) is 0 Å². The second-order valence-electron chi connectivity index (χ2n) is 4.59. The Morgan fingerprint density at radius 3 is 2.47 bits per heavy atom. The largest absolute Gasteiger partial charge is 0.271 e. The number of fused-ring (bicyclic) bond motifs is 1. The molecule has 1 nitrogen and oxygen atoms in total. The van der Waals surface area contributed by atoms with E-state index in [4.69, 9.17) is 4.99 Å². The maximum atomic E-state index is 5.06. The minimum atomic E-state index is 0.0341. The fraction of sp³-hybridized carbons (Fsp3) is 0.533. The minimum absolute atomic E-state index is 0.0341. The average molecular weight is 247 g/mol. The van der Waals surface area contributed by atoms with E-state index in [1.165, 1.54) is 21.9 Å². The summed E-state index contributed by atoms with van der Waals surface area (Å²) in [6.07, 6.45) is 4.47. The van der Waals surface area contributed by atoms with Crippen LogP contribution in [0.3, 0.4) is 0 Å². The van der Waals surface area contributed by atoms with Crippen LogP contribution in [-0.2, 0) is 5.54 Å². The van der Waals surface area contributed by atoms with Gasteiger partial charge in [0.05, 0.1) is 10.6 Å². The molecule has 0 atom stereocenters. The van der Waals surface area contributed by atoms with Gasteiger partial charge in [0.25, 0.3) is 0 Å². The Bertz CT molecular complexity index is 419. The number of thioether (sulfide) groups is 1. The standard InChI is InChI=1S/C15H21NS/c1-4-9-14-16-15(5-2,6-3)12-10-7-8-11-13(12)17-14/h7-8,10-11H,4-6,9H2,1-3H3. The normalized spacial score (nSPS) is 17.5. The Hall–Kier alpha value is -0.760. The maximum Gasteiger partial charge on any atom is 0.0871 e. The Morgan fingerprint density at radius 1 is 1.12 bits per heavy atom. The van der Waals surface area contributed by atoms with Crippen LogP contribution in [0.25, 0.3) is 0 Å². The zero-order valence-electron chi connectivity index (χ0n) is 11.0. The second kappa shape index (κ2) is 5.26. The van der Waals surface area contributed by atoms with E-state index in [1.807, 2.05) is 11.8 Å². The summed E-state index contributed by atoms with van der Waals surface area (Å²) >= 11 is 1.86. The Balaban J connectivity index is 2.48. The number of benzene rings is 1. The van der Waals surface area contributed by atoms with Gasteiger partial charge in [-0.25, -0.2) is 0 Å². The van der Waals surface area contributed by atoms with Gasteiger partial charge in [-0.15, -0.1) is 0 Å². The van der Waals surface area contributed by atoms with Crippen molar-refractivity contribution in [2.45, 2.75) is 56.9 Å². The van der Waals surface area contributed by atoms with E-state index in [-0.39, 0.29) is 5.54 Å². The van der Waals surface area contributed by atoms with Crippen LogP contribution in [0.2, 0.25) is 0 Å². The van der Waals surface area contributed by atoms with Crippen LogP contribution < -0.4 is 0 Å². The molecule has 0 unspecified atom stereocenters. The Kier molecular flexibility index (Phi) is 3.93. The van der Waals surface area contributed by atoms with Crippen LogP contribution in [0.4, 0.5) is 0 Å². The van der Waals surface area contributed by atoms with Crippen molar-refractivity contribution in [1.82, 2.24) is 0 Å². The molecule has 0 spiro atoms. The molecule has 0 fully saturated rings. The maximum absolute atomic E-state index is 5.06. The van der Waals surface area contributed by atoms with Crippen molar-refractivity contribution in [1.29, 1.82) is 0 Å². The van der Waals surface area contributed by atoms with Gasteiger partial charge in [0.15, 0.2) is 0 Å². The molecule has 0 saturated heterocycles. The minimum Gasteiger partial charge on any atom is -0.271 e. The van der Waals surface area contributed by atoms with Crippen LogP contribution in [0.1, 0.15) is 52.0 Å². The summed E-state index contributed by atoms with van der Waals surface area (Å²) in [5.74, 6) is 0. The van der Waals surface area contributed by atoms with Crippen LogP contribution in [0.15, 0.2) is 34.2 Å². The highest BCUT2D eigenvalue weighted by Gasteiger charge is 2.33. The molecule has 0 amide bonds. The smallest absolute Gasteiger partial charge is 0.0871 e. The molecule has 0 saturated carbocycles. The first-order valence-electron chi connectivity index (χ1n) is 6.61. The molecule has 0 aliphatic carbocycles. The summed E-state index contributed by atoms with van der Waals surface area (Å²) in [6, 6.07) is 8.77. The first kappa shape index (κ1) is 12.7. The average Bonchev–Trinajstić information content (AvgIpc) is 2.38. The van der Waals surface area contributed by atoms with Crippen LogP contribution >= 0.6 is 11.8 Å². The summed E-state index contributed by atoms with van der Waals surface area (Å²) in [5, 5.41) is 1.31. The number of aliphatic imine (C=N–C) groups is 1. The van der Waals surface area contributed by atoms with E-state index in [2.05, 4.69) is 45.0 Å². The van der Waals surface area contributed by atoms with Gasteiger partial charge in [-0.05, 0) is 30.9 Å². The van der Waals surface area contributed by atoms with Gasteiger partial charge in [-0.2, -0.15) is 0 Å². The highest BCUT2D eigenvalue weighted by molar-refractivity contribution is 8.14. The van der Waals surface area contributed by atoms with Gasteiger partial charge >= 0.3 is 0 Å². The highest BCUT2D eigenvalue weighted by Crippen LogP contribution is 2.44. The third kappa shape index (κ3) is 2.28. The number of nitrogens with zero attached hydrogens (tertiary/aromatic N) is 1. The molecule has 17 heavy (non-hydrogen) atoms. The van der Waals surface area contributed by atoms with Gasteiger partial charge in [-0.3, -0.25) is 4.99 Å². The lowest BCUT2D eigenvalue weighted by Gasteiger charge is -2.34. The first-order valence-corrected chi connectivity index (χ1v) is 7.43. The summed E-state index contributed by atoms with van der Waals surface area (Å²) in [5.41, 5.74) is 1.46. The molecule has 92 valence electrons. The monoisotopic (exact) mass is 247 g/mol. The molecule has 0 N–H and O–H groups in total. The molecule has 0 bridgehead atoms. The molecular formula is C15H21NS. The summed E-state index contributed by atoms with van der Waals surface area (Å²) < 4.78 is 0. The van der Waals surface area contributed by atoms with Crippen molar-refractivity contribution in [2.24, 2.45) is 4.99 Å². The zero-order valence-corrected chi connectivity index (χ0v) is 11.8. The van der Waals surface area contributed by atoms with Crippen LogP contribution in [-0.4, -0.2) is 5.04 Å². The quantitative estimate of drug-likeness (QED) is 0.729. The fourth-order valence-electron chi connectivity index (χ4n) is 2.50. The predicted octanol–water partition coefficient (Wildman–Crippen LogP) is 5.01. The van der Waals surface area contributed by atoms with Crippen LogP contribution in [0, 0.1) is 0 Å². The molecule has 1 aromatic carbocycles. The van der Waals surface area contributed by atoms with Crippen molar-refractivity contribution < 1.29 is 0 Å². The van der Waals surface area contributed by atoms with E-state index < -0.39 is 0 Å². The lowest BCUT2D eigenvalue weighted by atomic mass is 9.85. The SMILES string of the molecule is CCCC1=NC(CC)(CC)c2ccccc2S1. The lowest BCUT2D eigenvalue weighted by Crippen LogP contribution is -2.27. The molecular weight excluding hydrogens is 226 g/mol. The fourth-order valence-corrected chi connectivity index (χ4v) is 3.79.